The summed E-state index contributed by atoms with van der Waals surface area (Å²) in [6.45, 7) is 0.717. The zero-order valence-corrected chi connectivity index (χ0v) is 8.29. The number of esters is 1. The molecule has 0 spiro atoms. The lowest BCUT2D eigenvalue weighted by molar-refractivity contribution is -0.141. The Balaban J connectivity index is 2.29. The van der Waals surface area contributed by atoms with Crippen molar-refractivity contribution < 1.29 is 14.3 Å². The third kappa shape index (κ3) is 2.99. The summed E-state index contributed by atoms with van der Waals surface area (Å²) in [6.07, 6.45) is 1.55. The molecule has 5 heteroatoms. The third-order valence-corrected chi connectivity index (χ3v) is 2.41. The Morgan fingerprint density at radius 2 is 2.50 bits per heavy atom. The van der Waals surface area contributed by atoms with Crippen molar-refractivity contribution in [2.75, 3.05) is 13.7 Å². The molecule has 0 saturated carbocycles. The van der Waals surface area contributed by atoms with Gasteiger partial charge in [-0.1, -0.05) is 0 Å². The Kier molecular flexibility index (Phi) is 3.88. The number of carbonyl (C=O) groups excluding carboxylic acids is 2. The van der Waals surface area contributed by atoms with E-state index in [1.807, 2.05) is 0 Å². The average Bonchev–Trinajstić information content (AvgIpc) is 2.51. The van der Waals surface area contributed by atoms with Crippen LogP contribution in [0.3, 0.4) is 0 Å². The second kappa shape index (κ2) is 4.95. The van der Waals surface area contributed by atoms with E-state index in [1.54, 1.807) is 0 Å². The monoisotopic (exact) mass is 200 g/mol. The standard InChI is InChI=1S/C9H16N2O3/c1-14-8(12)5-7(10)4-6-2-3-11-9(6)13/h6-7H,2-5,10H2,1H3,(H,11,13)/t6-,7-/m0/s1. The second-order valence-electron chi connectivity index (χ2n) is 3.55. The molecule has 3 N–H and O–H groups in total. The Bertz CT molecular complexity index is 230. The summed E-state index contributed by atoms with van der Waals surface area (Å²) < 4.78 is 4.49. The third-order valence-electron chi connectivity index (χ3n) is 2.41. The van der Waals surface area contributed by atoms with E-state index in [9.17, 15) is 9.59 Å². The molecule has 1 amide bonds. The molecule has 1 saturated heterocycles. The number of methoxy groups -OCH3 is 1. The minimum absolute atomic E-state index is 0.0327. The number of amides is 1. The molecule has 0 aromatic rings. The molecule has 0 aliphatic carbocycles. The van der Waals surface area contributed by atoms with Gasteiger partial charge >= 0.3 is 5.97 Å². The van der Waals surface area contributed by atoms with Crippen molar-refractivity contribution in [2.24, 2.45) is 11.7 Å². The Hall–Kier alpha value is -1.10. The predicted molar refractivity (Wildman–Crippen MR) is 50.3 cm³/mol. The molecule has 5 nitrogen and oxygen atoms in total. The van der Waals surface area contributed by atoms with E-state index in [-0.39, 0.29) is 30.3 Å². The van der Waals surface area contributed by atoms with Gasteiger partial charge in [0, 0.05) is 18.5 Å². The lowest BCUT2D eigenvalue weighted by Gasteiger charge is -2.13. The van der Waals surface area contributed by atoms with Crippen LogP contribution in [-0.4, -0.2) is 31.6 Å². The molecule has 0 bridgehead atoms. The molecule has 1 heterocycles. The van der Waals surface area contributed by atoms with Crippen molar-refractivity contribution in [3.8, 4) is 0 Å². The maximum Gasteiger partial charge on any atom is 0.307 e. The van der Waals surface area contributed by atoms with Crippen LogP contribution in [-0.2, 0) is 14.3 Å². The SMILES string of the molecule is COC(=O)C[C@@H](N)C[C@@H]1CCNC1=O. The summed E-state index contributed by atoms with van der Waals surface area (Å²) in [6, 6.07) is -0.281. The largest absolute Gasteiger partial charge is 0.469 e. The number of nitrogens with two attached hydrogens (primary N) is 1. The van der Waals surface area contributed by atoms with Gasteiger partial charge < -0.3 is 15.8 Å². The van der Waals surface area contributed by atoms with E-state index >= 15 is 0 Å². The quantitative estimate of drug-likeness (QED) is 0.594. The smallest absolute Gasteiger partial charge is 0.307 e. The van der Waals surface area contributed by atoms with E-state index in [0.717, 1.165) is 6.42 Å². The molecule has 80 valence electrons. The van der Waals surface area contributed by atoms with Gasteiger partial charge in [0.1, 0.15) is 0 Å². The van der Waals surface area contributed by atoms with Crippen LogP contribution >= 0.6 is 0 Å². The number of carbonyl (C=O) groups is 2. The fraction of sp³-hybridized carbons (Fsp3) is 0.778. The van der Waals surface area contributed by atoms with Crippen molar-refractivity contribution in [1.82, 2.24) is 5.32 Å². The zero-order chi connectivity index (χ0) is 10.6. The van der Waals surface area contributed by atoms with Crippen LogP contribution in [0.25, 0.3) is 0 Å². The van der Waals surface area contributed by atoms with Crippen LogP contribution in [0.1, 0.15) is 19.3 Å². The topological polar surface area (TPSA) is 81.4 Å². The average molecular weight is 200 g/mol. The van der Waals surface area contributed by atoms with Gasteiger partial charge in [-0.15, -0.1) is 0 Å². The van der Waals surface area contributed by atoms with Gasteiger partial charge in [-0.3, -0.25) is 9.59 Å². The van der Waals surface area contributed by atoms with Gasteiger partial charge in [0.05, 0.1) is 13.5 Å². The molecule has 0 aromatic heterocycles. The molecule has 1 rings (SSSR count). The first-order valence-corrected chi connectivity index (χ1v) is 4.73. The van der Waals surface area contributed by atoms with E-state index < -0.39 is 0 Å². The van der Waals surface area contributed by atoms with E-state index in [4.69, 9.17) is 5.73 Å². The van der Waals surface area contributed by atoms with E-state index in [0.29, 0.717) is 13.0 Å². The van der Waals surface area contributed by atoms with E-state index in [2.05, 4.69) is 10.1 Å². The molecule has 0 unspecified atom stereocenters. The maximum absolute atomic E-state index is 11.2. The second-order valence-corrected chi connectivity index (χ2v) is 3.55. The van der Waals surface area contributed by atoms with Gasteiger partial charge in [-0.2, -0.15) is 0 Å². The first-order valence-electron chi connectivity index (χ1n) is 4.73. The lowest BCUT2D eigenvalue weighted by Crippen LogP contribution is -2.30. The highest BCUT2D eigenvalue weighted by Gasteiger charge is 2.26. The molecular weight excluding hydrogens is 184 g/mol. The van der Waals surface area contributed by atoms with Crippen LogP contribution < -0.4 is 11.1 Å². The molecule has 0 radical (unpaired) electrons. The number of nitrogens with one attached hydrogen (secondary N) is 1. The van der Waals surface area contributed by atoms with Crippen LogP contribution in [0.4, 0.5) is 0 Å². The van der Waals surface area contributed by atoms with Crippen LogP contribution in [0.2, 0.25) is 0 Å². The Morgan fingerprint density at radius 3 is 3.00 bits per heavy atom. The van der Waals surface area contributed by atoms with Crippen molar-refractivity contribution >= 4 is 11.9 Å². The van der Waals surface area contributed by atoms with Gasteiger partial charge in [0.15, 0.2) is 0 Å². The first kappa shape index (κ1) is 11.0. The highest BCUT2D eigenvalue weighted by atomic mass is 16.5. The fourth-order valence-corrected chi connectivity index (χ4v) is 1.62. The number of ether oxygens (including phenoxy) is 1. The van der Waals surface area contributed by atoms with Crippen LogP contribution in [0, 0.1) is 5.92 Å². The first-order chi connectivity index (χ1) is 6.63. The lowest BCUT2D eigenvalue weighted by atomic mass is 9.97. The molecule has 2 atom stereocenters. The summed E-state index contributed by atoms with van der Waals surface area (Å²) in [7, 11) is 1.33. The molecule has 14 heavy (non-hydrogen) atoms. The molecule has 0 aromatic carbocycles. The minimum atomic E-state index is -0.323. The highest BCUT2D eigenvalue weighted by Crippen LogP contribution is 2.16. The van der Waals surface area contributed by atoms with Gasteiger partial charge in [-0.25, -0.2) is 0 Å². The highest BCUT2D eigenvalue weighted by molar-refractivity contribution is 5.80. The maximum atomic E-state index is 11.2. The molecule has 1 aliphatic rings. The van der Waals surface area contributed by atoms with Crippen molar-refractivity contribution in [3.05, 3.63) is 0 Å². The van der Waals surface area contributed by atoms with E-state index in [1.165, 1.54) is 7.11 Å². The van der Waals surface area contributed by atoms with Crippen LogP contribution in [0.15, 0.2) is 0 Å². The Morgan fingerprint density at radius 1 is 1.79 bits per heavy atom. The molecule has 1 fully saturated rings. The summed E-state index contributed by atoms with van der Waals surface area (Å²) in [5.74, 6) is -0.309. The Labute approximate surface area is 83.0 Å². The number of hydrogen-bond donors (Lipinski definition) is 2. The summed E-state index contributed by atoms with van der Waals surface area (Å²) in [5.41, 5.74) is 5.71. The van der Waals surface area contributed by atoms with Crippen LogP contribution in [0.5, 0.6) is 0 Å². The number of rotatable bonds is 4. The summed E-state index contributed by atoms with van der Waals surface area (Å²) in [5, 5.41) is 2.73. The van der Waals surface area contributed by atoms with Gasteiger partial charge in [-0.05, 0) is 12.8 Å². The van der Waals surface area contributed by atoms with Crippen molar-refractivity contribution in [1.29, 1.82) is 0 Å². The summed E-state index contributed by atoms with van der Waals surface area (Å²) >= 11 is 0. The normalized spacial score (nSPS) is 23.0. The fourth-order valence-electron chi connectivity index (χ4n) is 1.62. The molecular formula is C9H16N2O3. The van der Waals surface area contributed by atoms with Gasteiger partial charge in [0.25, 0.3) is 0 Å². The zero-order valence-electron chi connectivity index (χ0n) is 8.29. The van der Waals surface area contributed by atoms with Crippen molar-refractivity contribution in [3.63, 3.8) is 0 Å². The number of hydrogen-bond acceptors (Lipinski definition) is 4. The summed E-state index contributed by atoms with van der Waals surface area (Å²) in [4.78, 5) is 22.1. The molecule has 1 aliphatic heterocycles. The van der Waals surface area contributed by atoms with Gasteiger partial charge in [0.2, 0.25) is 5.91 Å². The van der Waals surface area contributed by atoms with Crippen molar-refractivity contribution in [2.45, 2.75) is 25.3 Å². The minimum Gasteiger partial charge on any atom is -0.469 e. The predicted octanol–water partition coefficient (Wildman–Crippen LogP) is -0.597.